The highest BCUT2D eigenvalue weighted by atomic mass is 32.1. The molecule has 0 bridgehead atoms. The van der Waals surface area contributed by atoms with Gasteiger partial charge in [0.1, 0.15) is 5.75 Å². The molecular formula is C20H26N2O2S. The molecule has 1 aliphatic heterocycles. The topological polar surface area (TPSA) is 52.6 Å². The molecule has 2 N–H and O–H groups in total. The van der Waals surface area contributed by atoms with Gasteiger partial charge in [-0.05, 0) is 54.8 Å². The Morgan fingerprint density at radius 3 is 2.96 bits per heavy atom. The zero-order valence-electron chi connectivity index (χ0n) is 14.5. The smallest absolute Gasteiger partial charge is 0.220 e. The van der Waals surface area contributed by atoms with Crippen molar-refractivity contribution in [1.29, 1.82) is 0 Å². The number of phenols is 1. The van der Waals surface area contributed by atoms with Gasteiger partial charge >= 0.3 is 0 Å². The summed E-state index contributed by atoms with van der Waals surface area (Å²) < 4.78 is 0. The van der Waals surface area contributed by atoms with E-state index in [1.54, 1.807) is 12.1 Å². The normalized spacial score (nSPS) is 18.2. The molecule has 1 saturated heterocycles. The van der Waals surface area contributed by atoms with Crippen LogP contribution >= 0.6 is 11.3 Å². The number of aryl methyl sites for hydroxylation is 1. The molecule has 1 aliphatic rings. The maximum absolute atomic E-state index is 12.1. The van der Waals surface area contributed by atoms with Crippen molar-refractivity contribution in [2.45, 2.75) is 32.2 Å². The van der Waals surface area contributed by atoms with Crippen LogP contribution in [0.25, 0.3) is 0 Å². The predicted molar refractivity (Wildman–Crippen MR) is 102 cm³/mol. The first-order chi connectivity index (χ1) is 12.2. The van der Waals surface area contributed by atoms with Gasteiger partial charge < -0.3 is 10.4 Å². The van der Waals surface area contributed by atoms with E-state index in [1.165, 1.54) is 17.7 Å². The number of hydrogen-bond donors (Lipinski definition) is 2. The average molecular weight is 359 g/mol. The van der Waals surface area contributed by atoms with E-state index in [9.17, 15) is 9.90 Å². The lowest BCUT2D eigenvalue weighted by molar-refractivity contribution is -0.121. The van der Waals surface area contributed by atoms with E-state index < -0.39 is 0 Å². The molecular weight excluding hydrogens is 332 g/mol. The van der Waals surface area contributed by atoms with E-state index in [4.69, 9.17) is 0 Å². The number of nitrogens with one attached hydrogen (secondary N) is 1. The molecule has 1 atom stereocenters. The monoisotopic (exact) mass is 358 g/mol. The number of piperidine rings is 1. The molecule has 2 aromatic rings. The molecule has 4 nitrogen and oxygen atoms in total. The first-order valence-electron chi connectivity index (χ1n) is 8.99. The van der Waals surface area contributed by atoms with Crippen LogP contribution in [-0.4, -0.2) is 35.5 Å². The summed E-state index contributed by atoms with van der Waals surface area (Å²) in [6, 6.07) is 11.5. The van der Waals surface area contributed by atoms with Crippen LogP contribution in [0.3, 0.4) is 0 Å². The number of nitrogens with zero attached hydrogens (tertiary/aromatic N) is 1. The molecule has 5 heteroatoms. The molecule has 1 aromatic carbocycles. The van der Waals surface area contributed by atoms with Crippen molar-refractivity contribution in [3.8, 4) is 5.75 Å². The third-order valence-electron chi connectivity index (χ3n) is 4.76. The summed E-state index contributed by atoms with van der Waals surface area (Å²) in [5.74, 6) is 0.869. The predicted octanol–water partition coefficient (Wildman–Crippen LogP) is 3.41. The van der Waals surface area contributed by atoms with Crippen LogP contribution in [0.1, 0.15) is 29.7 Å². The van der Waals surface area contributed by atoms with Crippen molar-refractivity contribution in [2.75, 3.05) is 19.6 Å². The number of phenolic OH excluding ortho intramolecular Hbond substituents is 1. The Kier molecular flexibility index (Phi) is 6.48. The standard InChI is InChI=1S/C20H26N2O2S/c23-19-8-2-1-6-17(19)9-10-20(24)21-13-16-5-3-11-22(14-16)15-18-7-4-12-25-18/h1-2,4,6-8,12,16,23H,3,5,9-11,13-15H2,(H,21,24)/t16-/m0/s1. The quantitative estimate of drug-likeness (QED) is 0.797. The second-order valence-electron chi connectivity index (χ2n) is 6.76. The van der Waals surface area contributed by atoms with E-state index in [1.807, 2.05) is 23.5 Å². The number of amides is 1. The van der Waals surface area contributed by atoms with Gasteiger partial charge in [-0.1, -0.05) is 24.3 Å². The Hall–Kier alpha value is -1.85. The fraction of sp³-hybridized carbons (Fsp3) is 0.450. The molecule has 1 fully saturated rings. The molecule has 0 radical (unpaired) electrons. The lowest BCUT2D eigenvalue weighted by Gasteiger charge is -2.32. The summed E-state index contributed by atoms with van der Waals surface area (Å²) in [4.78, 5) is 16.0. The first kappa shape index (κ1) is 18.0. The maximum atomic E-state index is 12.1. The Morgan fingerprint density at radius 1 is 1.28 bits per heavy atom. The summed E-state index contributed by atoms with van der Waals surface area (Å²) in [5.41, 5.74) is 0.831. The number of likely N-dealkylation sites (tertiary alicyclic amines) is 1. The number of thiophene rings is 1. The van der Waals surface area contributed by atoms with E-state index in [-0.39, 0.29) is 11.7 Å². The van der Waals surface area contributed by atoms with Crippen LogP contribution < -0.4 is 5.32 Å². The molecule has 1 amide bonds. The minimum atomic E-state index is 0.0682. The number of carbonyl (C=O) groups is 1. The Balaban J connectivity index is 1.38. The zero-order chi connectivity index (χ0) is 17.5. The van der Waals surface area contributed by atoms with Gasteiger partial charge in [-0.2, -0.15) is 0 Å². The highest BCUT2D eigenvalue weighted by Crippen LogP contribution is 2.20. The van der Waals surface area contributed by atoms with Crippen molar-refractivity contribution in [1.82, 2.24) is 10.2 Å². The Bertz CT molecular complexity index is 672. The van der Waals surface area contributed by atoms with Crippen molar-refractivity contribution >= 4 is 17.2 Å². The van der Waals surface area contributed by atoms with Crippen LogP contribution in [-0.2, 0) is 17.8 Å². The summed E-state index contributed by atoms with van der Waals surface area (Å²) in [5, 5.41) is 15.0. The highest BCUT2D eigenvalue weighted by Gasteiger charge is 2.20. The van der Waals surface area contributed by atoms with Gasteiger partial charge in [0.2, 0.25) is 5.91 Å². The van der Waals surface area contributed by atoms with Crippen molar-refractivity contribution in [2.24, 2.45) is 5.92 Å². The Morgan fingerprint density at radius 2 is 2.16 bits per heavy atom. The second kappa shape index (κ2) is 9.02. The van der Waals surface area contributed by atoms with E-state index in [2.05, 4.69) is 27.7 Å². The van der Waals surface area contributed by atoms with E-state index >= 15 is 0 Å². The van der Waals surface area contributed by atoms with Gasteiger partial charge in [-0.3, -0.25) is 9.69 Å². The number of rotatable bonds is 7. The fourth-order valence-corrected chi connectivity index (χ4v) is 4.15. The highest BCUT2D eigenvalue weighted by molar-refractivity contribution is 7.09. The molecule has 2 heterocycles. The SMILES string of the molecule is O=C(CCc1ccccc1O)NC[C@@H]1CCCN(Cc2cccs2)C1. The summed E-state index contributed by atoms with van der Waals surface area (Å²) in [6.07, 6.45) is 3.38. The van der Waals surface area contributed by atoms with Crippen LogP contribution in [0.5, 0.6) is 5.75 Å². The fourth-order valence-electron chi connectivity index (χ4n) is 3.40. The third kappa shape index (κ3) is 5.58. The van der Waals surface area contributed by atoms with Crippen LogP contribution in [0.4, 0.5) is 0 Å². The van der Waals surface area contributed by atoms with Gasteiger partial charge in [0.05, 0.1) is 0 Å². The van der Waals surface area contributed by atoms with Crippen molar-refractivity contribution < 1.29 is 9.90 Å². The molecule has 0 saturated carbocycles. The van der Waals surface area contributed by atoms with Gasteiger partial charge in [-0.15, -0.1) is 11.3 Å². The lowest BCUT2D eigenvalue weighted by Crippen LogP contribution is -2.40. The van der Waals surface area contributed by atoms with Crippen LogP contribution in [0.15, 0.2) is 41.8 Å². The number of benzene rings is 1. The summed E-state index contributed by atoms with van der Waals surface area (Å²) in [7, 11) is 0. The number of carbonyl (C=O) groups excluding carboxylic acids is 1. The minimum Gasteiger partial charge on any atom is -0.508 e. The molecule has 25 heavy (non-hydrogen) atoms. The van der Waals surface area contributed by atoms with Gasteiger partial charge in [0.15, 0.2) is 0 Å². The largest absolute Gasteiger partial charge is 0.508 e. The first-order valence-corrected chi connectivity index (χ1v) is 9.87. The van der Waals surface area contributed by atoms with E-state index in [0.29, 0.717) is 18.8 Å². The third-order valence-corrected chi connectivity index (χ3v) is 5.62. The molecule has 0 aliphatic carbocycles. The number of aromatic hydroxyl groups is 1. The maximum Gasteiger partial charge on any atom is 0.220 e. The molecule has 3 rings (SSSR count). The lowest BCUT2D eigenvalue weighted by atomic mass is 9.98. The number of para-hydroxylation sites is 1. The summed E-state index contributed by atoms with van der Waals surface area (Å²) >= 11 is 1.81. The van der Waals surface area contributed by atoms with Crippen molar-refractivity contribution in [3.63, 3.8) is 0 Å². The molecule has 134 valence electrons. The minimum absolute atomic E-state index is 0.0682. The molecule has 0 spiro atoms. The van der Waals surface area contributed by atoms with Crippen molar-refractivity contribution in [3.05, 3.63) is 52.2 Å². The van der Waals surface area contributed by atoms with Gasteiger partial charge in [0, 0.05) is 30.9 Å². The molecule has 0 unspecified atom stereocenters. The molecule has 1 aromatic heterocycles. The number of hydrogen-bond acceptors (Lipinski definition) is 4. The summed E-state index contributed by atoms with van der Waals surface area (Å²) in [6.45, 7) is 3.98. The zero-order valence-corrected chi connectivity index (χ0v) is 15.3. The second-order valence-corrected chi connectivity index (χ2v) is 7.79. The Labute approximate surface area is 153 Å². The van der Waals surface area contributed by atoms with E-state index in [0.717, 1.165) is 31.7 Å². The van der Waals surface area contributed by atoms with Crippen LogP contribution in [0, 0.1) is 5.92 Å². The average Bonchev–Trinajstić information content (AvgIpc) is 3.12. The van der Waals surface area contributed by atoms with Crippen LogP contribution in [0.2, 0.25) is 0 Å². The van der Waals surface area contributed by atoms with Gasteiger partial charge in [0.25, 0.3) is 0 Å². The van der Waals surface area contributed by atoms with Gasteiger partial charge in [-0.25, -0.2) is 0 Å².